The molecular formula is C11H17N3O4. The highest BCUT2D eigenvalue weighted by Gasteiger charge is 2.33. The molecule has 1 aliphatic heterocycles. The Morgan fingerprint density at radius 1 is 1.56 bits per heavy atom. The molecule has 2 heterocycles. The Balaban J connectivity index is 2.42. The first-order chi connectivity index (χ1) is 8.56. The summed E-state index contributed by atoms with van der Waals surface area (Å²) in [7, 11) is 1.30. The second kappa shape index (κ2) is 5.03. The van der Waals surface area contributed by atoms with Gasteiger partial charge in [-0.1, -0.05) is 19.1 Å². The van der Waals surface area contributed by atoms with E-state index < -0.39 is 12.1 Å². The average molecular weight is 255 g/mol. The van der Waals surface area contributed by atoms with Gasteiger partial charge in [-0.2, -0.15) is 0 Å². The van der Waals surface area contributed by atoms with Crippen molar-refractivity contribution in [3.8, 4) is 0 Å². The topological polar surface area (TPSA) is 86.5 Å². The number of aliphatic hydroxyl groups excluding tert-OH is 1. The lowest BCUT2D eigenvalue weighted by Gasteiger charge is -2.17. The van der Waals surface area contributed by atoms with Crippen molar-refractivity contribution in [2.75, 3.05) is 20.3 Å². The largest absolute Gasteiger partial charge is 0.464 e. The van der Waals surface area contributed by atoms with Gasteiger partial charge in [0.2, 0.25) is 0 Å². The van der Waals surface area contributed by atoms with E-state index in [1.165, 1.54) is 7.11 Å². The first kappa shape index (κ1) is 13.0. The molecule has 1 N–H and O–H groups in total. The third kappa shape index (κ3) is 2.11. The predicted octanol–water partition coefficient (Wildman–Crippen LogP) is 0.120. The molecular weight excluding hydrogens is 238 g/mol. The molecule has 0 spiro atoms. The van der Waals surface area contributed by atoms with E-state index in [1.807, 2.05) is 13.8 Å². The van der Waals surface area contributed by atoms with E-state index in [9.17, 15) is 9.90 Å². The van der Waals surface area contributed by atoms with Crippen LogP contribution in [-0.4, -0.2) is 52.5 Å². The van der Waals surface area contributed by atoms with Crippen molar-refractivity contribution in [2.45, 2.75) is 31.9 Å². The summed E-state index contributed by atoms with van der Waals surface area (Å²) in [5.41, 5.74) is 0.864. The van der Waals surface area contributed by atoms with Gasteiger partial charge >= 0.3 is 5.97 Å². The van der Waals surface area contributed by atoms with Gasteiger partial charge < -0.3 is 14.6 Å². The first-order valence-electron chi connectivity index (χ1n) is 5.85. The van der Waals surface area contributed by atoms with Gasteiger partial charge in [-0.05, 0) is 5.92 Å². The third-order valence-corrected chi connectivity index (χ3v) is 2.99. The lowest BCUT2D eigenvalue weighted by molar-refractivity contribution is 0.0591. The molecule has 2 unspecified atom stereocenters. The van der Waals surface area contributed by atoms with Crippen molar-refractivity contribution in [1.82, 2.24) is 15.0 Å². The van der Waals surface area contributed by atoms with Crippen molar-refractivity contribution >= 4 is 5.97 Å². The van der Waals surface area contributed by atoms with Crippen LogP contribution < -0.4 is 0 Å². The minimum absolute atomic E-state index is 0.0434. The second-order valence-corrected chi connectivity index (χ2v) is 4.59. The molecule has 1 saturated heterocycles. The van der Waals surface area contributed by atoms with E-state index in [2.05, 4.69) is 15.0 Å². The number of ether oxygens (including phenoxy) is 2. The number of carbonyl (C=O) groups is 1. The quantitative estimate of drug-likeness (QED) is 0.772. The summed E-state index contributed by atoms with van der Waals surface area (Å²) in [5.74, 6) is -0.472. The van der Waals surface area contributed by atoms with E-state index in [-0.39, 0.29) is 24.3 Å². The van der Waals surface area contributed by atoms with Crippen molar-refractivity contribution in [1.29, 1.82) is 0 Å². The monoisotopic (exact) mass is 255 g/mol. The summed E-state index contributed by atoms with van der Waals surface area (Å²) >= 11 is 0. The van der Waals surface area contributed by atoms with Gasteiger partial charge in [-0.3, -0.25) is 0 Å². The average Bonchev–Trinajstić information content (AvgIpc) is 2.93. The van der Waals surface area contributed by atoms with Crippen LogP contribution >= 0.6 is 0 Å². The van der Waals surface area contributed by atoms with E-state index in [4.69, 9.17) is 4.74 Å². The number of methoxy groups -OCH3 is 1. The highest BCUT2D eigenvalue weighted by molar-refractivity contribution is 5.88. The molecule has 7 heteroatoms. The van der Waals surface area contributed by atoms with Crippen molar-refractivity contribution in [2.24, 2.45) is 0 Å². The summed E-state index contributed by atoms with van der Waals surface area (Å²) in [6.07, 6.45) is -0.630. The summed E-state index contributed by atoms with van der Waals surface area (Å²) < 4.78 is 11.5. The van der Waals surface area contributed by atoms with Gasteiger partial charge in [0.05, 0.1) is 26.0 Å². The number of hydrogen-bond acceptors (Lipinski definition) is 6. The van der Waals surface area contributed by atoms with Crippen LogP contribution in [0.4, 0.5) is 0 Å². The molecule has 1 aliphatic rings. The highest BCUT2D eigenvalue weighted by atomic mass is 16.5. The van der Waals surface area contributed by atoms with Gasteiger partial charge in [-0.25, -0.2) is 9.48 Å². The number of hydrogen-bond donors (Lipinski definition) is 1. The molecule has 1 aromatic heterocycles. The first-order valence-corrected chi connectivity index (χ1v) is 5.85. The van der Waals surface area contributed by atoms with Gasteiger partial charge in [0, 0.05) is 0 Å². The Bertz CT molecular complexity index is 443. The molecule has 100 valence electrons. The predicted molar refractivity (Wildman–Crippen MR) is 61.3 cm³/mol. The van der Waals surface area contributed by atoms with Crippen molar-refractivity contribution in [3.05, 3.63) is 11.4 Å². The maximum Gasteiger partial charge on any atom is 0.360 e. The molecule has 0 radical (unpaired) electrons. The molecule has 0 amide bonds. The van der Waals surface area contributed by atoms with E-state index >= 15 is 0 Å². The third-order valence-electron chi connectivity index (χ3n) is 2.99. The fourth-order valence-electron chi connectivity index (χ4n) is 2.09. The van der Waals surface area contributed by atoms with E-state index in [1.54, 1.807) is 4.68 Å². The van der Waals surface area contributed by atoms with Crippen molar-refractivity contribution in [3.63, 3.8) is 0 Å². The number of aliphatic hydroxyl groups is 1. The lowest BCUT2D eigenvalue weighted by Crippen LogP contribution is -2.25. The molecule has 0 aliphatic carbocycles. The molecule has 0 aromatic carbocycles. The SMILES string of the molecule is COC(=O)c1nnn(C2COCC2O)c1C(C)C. The lowest BCUT2D eigenvalue weighted by atomic mass is 10.1. The number of rotatable bonds is 3. The molecule has 18 heavy (non-hydrogen) atoms. The summed E-state index contributed by atoms with van der Waals surface area (Å²) in [5, 5.41) is 17.6. The maximum atomic E-state index is 11.6. The fourth-order valence-corrected chi connectivity index (χ4v) is 2.09. The zero-order chi connectivity index (χ0) is 13.3. The van der Waals surface area contributed by atoms with Gasteiger partial charge in [0.15, 0.2) is 5.69 Å². The molecule has 2 rings (SSSR count). The zero-order valence-corrected chi connectivity index (χ0v) is 10.7. The number of nitrogens with zero attached hydrogens (tertiary/aromatic N) is 3. The van der Waals surface area contributed by atoms with Crippen LogP contribution in [0.3, 0.4) is 0 Å². The van der Waals surface area contributed by atoms with E-state index in [0.29, 0.717) is 12.3 Å². The molecule has 2 atom stereocenters. The Labute approximate surface area is 105 Å². The van der Waals surface area contributed by atoms with Crippen LogP contribution in [0.15, 0.2) is 0 Å². The summed E-state index contributed by atoms with van der Waals surface area (Å²) in [6, 6.07) is -0.298. The second-order valence-electron chi connectivity index (χ2n) is 4.59. The Hall–Kier alpha value is -1.47. The minimum Gasteiger partial charge on any atom is -0.464 e. The van der Waals surface area contributed by atoms with Crippen LogP contribution in [0.2, 0.25) is 0 Å². The Morgan fingerprint density at radius 2 is 2.28 bits per heavy atom. The van der Waals surface area contributed by atoms with Crippen LogP contribution in [0.5, 0.6) is 0 Å². The van der Waals surface area contributed by atoms with Crippen LogP contribution in [-0.2, 0) is 9.47 Å². The molecule has 1 aromatic rings. The smallest absolute Gasteiger partial charge is 0.360 e. The fraction of sp³-hybridized carbons (Fsp3) is 0.727. The normalized spacial score (nSPS) is 23.6. The minimum atomic E-state index is -0.630. The molecule has 0 saturated carbocycles. The van der Waals surface area contributed by atoms with Crippen molar-refractivity contribution < 1.29 is 19.4 Å². The van der Waals surface area contributed by atoms with Gasteiger partial charge in [-0.15, -0.1) is 5.10 Å². The number of carbonyl (C=O) groups excluding carboxylic acids is 1. The molecule has 0 bridgehead atoms. The van der Waals surface area contributed by atoms with Gasteiger partial charge in [0.1, 0.15) is 12.1 Å². The van der Waals surface area contributed by atoms with Crippen LogP contribution in [0, 0.1) is 0 Å². The van der Waals surface area contributed by atoms with Crippen LogP contribution in [0.25, 0.3) is 0 Å². The summed E-state index contributed by atoms with van der Waals surface area (Å²) in [4.78, 5) is 11.6. The summed E-state index contributed by atoms with van der Waals surface area (Å²) in [6.45, 7) is 4.51. The number of esters is 1. The number of aromatic nitrogens is 3. The molecule has 1 fully saturated rings. The van der Waals surface area contributed by atoms with Crippen LogP contribution in [0.1, 0.15) is 42.0 Å². The highest BCUT2D eigenvalue weighted by Crippen LogP contribution is 2.26. The standard InChI is InChI=1S/C11H17N3O4/c1-6(2)10-9(11(16)17-3)12-13-14(10)7-4-18-5-8(7)15/h6-8,15H,4-5H2,1-3H3. The zero-order valence-electron chi connectivity index (χ0n) is 10.7. The van der Waals surface area contributed by atoms with Gasteiger partial charge in [0.25, 0.3) is 0 Å². The van der Waals surface area contributed by atoms with E-state index in [0.717, 1.165) is 0 Å². The Kier molecular flexibility index (Phi) is 3.63. The molecule has 7 nitrogen and oxygen atoms in total. The maximum absolute atomic E-state index is 11.6. The Morgan fingerprint density at radius 3 is 2.78 bits per heavy atom.